The molecule has 0 atom stereocenters. The summed E-state index contributed by atoms with van der Waals surface area (Å²) < 4.78 is 39.9. The number of hydrogen-bond donors (Lipinski definition) is 2. The number of likely N-dealkylation sites (tertiary alicyclic amines) is 1. The van der Waals surface area contributed by atoms with E-state index in [1.165, 1.54) is 35.9 Å². The van der Waals surface area contributed by atoms with Gasteiger partial charge >= 0.3 is 0 Å². The lowest BCUT2D eigenvalue weighted by Crippen LogP contribution is -2.58. The summed E-state index contributed by atoms with van der Waals surface area (Å²) >= 11 is 0. The van der Waals surface area contributed by atoms with Gasteiger partial charge in [-0.1, -0.05) is 6.07 Å². The number of nitrogens with one attached hydrogen (secondary N) is 2. The molecule has 6 bridgehead atoms. The van der Waals surface area contributed by atoms with Gasteiger partial charge in [-0.3, -0.25) is 19.2 Å². The lowest BCUT2D eigenvalue weighted by molar-refractivity contribution is -0.146. The summed E-state index contributed by atoms with van der Waals surface area (Å²) in [5.41, 5.74) is -0.788. The van der Waals surface area contributed by atoms with Crippen LogP contribution in [0.1, 0.15) is 35.2 Å². The van der Waals surface area contributed by atoms with Crippen LogP contribution in [0.2, 0.25) is 0 Å². The van der Waals surface area contributed by atoms with Crippen molar-refractivity contribution in [3.05, 3.63) is 112 Å². The molecule has 12 nitrogen and oxygen atoms in total. The van der Waals surface area contributed by atoms with Crippen molar-refractivity contribution in [3.63, 3.8) is 0 Å². The molecule has 1 spiro atoms. The highest BCUT2D eigenvalue weighted by Gasteiger charge is 2.44. The number of halogens is 1. The zero-order valence-electron chi connectivity index (χ0n) is 27.5. The molecule has 1 saturated heterocycles. The van der Waals surface area contributed by atoms with Gasteiger partial charge in [0.25, 0.3) is 17.4 Å². The molecule has 13 heteroatoms. The minimum absolute atomic E-state index is 0.0428. The first-order valence-electron chi connectivity index (χ1n) is 16.3. The molecule has 3 aliphatic heterocycles. The number of carbonyl (C=O) groups is 3. The van der Waals surface area contributed by atoms with E-state index in [0.29, 0.717) is 28.4 Å². The fraction of sp³-hybridized carbons (Fsp3) is 0.297. The average Bonchev–Trinajstić information content (AvgIpc) is 3.12. The van der Waals surface area contributed by atoms with E-state index < -0.39 is 17.3 Å². The van der Waals surface area contributed by atoms with Crippen LogP contribution >= 0.6 is 0 Å². The lowest BCUT2D eigenvalue weighted by atomic mass is 9.89. The van der Waals surface area contributed by atoms with Gasteiger partial charge in [-0.25, -0.2) is 4.39 Å². The third-order valence-electron chi connectivity index (χ3n) is 8.63. The molecule has 50 heavy (non-hydrogen) atoms. The summed E-state index contributed by atoms with van der Waals surface area (Å²) in [7, 11) is 1.45. The summed E-state index contributed by atoms with van der Waals surface area (Å²) in [5.74, 6) is 0.135. The van der Waals surface area contributed by atoms with Crippen molar-refractivity contribution in [2.45, 2.75) is 38.0 Å². The third kappa shape index (κ3) is 8.05. The largest absolute Gasteiger partial charge is 0.493 e. The van der Waals surface area contributed by atoms with E-state index >= 15 is 0 Å². The van der Waals surface area contributed by atoms with Crippen LogP contribution in [0.5, 0.6) is 28.7 Å². The molecule has 2 N–H and O–H groups in total. The van der Waals surface area contributed by atoms with Crippen molar-refractivity contribution in [3.8, 4) is 28.7 Å². The van der Waals surface area contributed by atoms with Gasteiger partial charge in [-0.05, 0) is 66.2 Å². The molecular weight excluding hydrogens is 647 g/mol. The summed E-state index contributed by atoms with van der Waals surface area (Å²) in [6.07, 6.45) is 2.17. The second-order valence-corrected chi connectivity index (χ2v) is 12.0. The van der Waals surface area contributed by atoms with Crippen LogP contribution in [-0.2, 0) is 22.7 Å². The van der Waals surface area contributed by atoms with Crippen LogP contribution < -0.4 is 35.1 Å². The second-order valence-electron chi connectivity index (χ2n) is 12.0. The van der Waals surface area contributed by atoms with E-state index in [1.807, 2.05) is 0 Å². The number of amides is 3. The molecule has 3 aliphatic rings. The Balaban J connectivity index is 1.23. The summed E-state index contributed by atoms with van der Waals surface area (Å²) in [4.78, 5) is 53.7. The van der Waals surface area contributed by atoms with Crippen molar-refractivity contribution in [1.29, 1.82) is 0 Å². The Labute approximate surface area is 287 Å². The van der Waals surface area contributed by atoms with Crippen LogP contribution in [0.15, 0.2) is 89.9 Å². The molecule has 0 aliphatic carbocycles. The molecule has 260 valence electrons. The van der Waals surface area contributed by atoms with Gasteiger partial charge in [-0.2, -0.15) is 0 Å². The van der Waals surface area contributed by atoms with E-state index in [0.717, 1.165) is 0 Å². The molecule has 0 radical (unpaired) electrons. The van der Waals surface area contributed by atoms with E-state index in [4.69, 9.17) is 18.9 Å². The first kappa shape index (κ1) is 34.0. The average molecular weight is 685 g/mol. The highest BCUT2D eigenvalue weighted by molar-refractivity contribution is 5.95. The Morgan fingerprint density at radius 3 is 2.46 bits per heavy atom. The topological polar surface area (TPSA) is 137 Å². The second kappa shape index (κ2) is 15.1. The Morgan fingerprint density at radius 1 is 0.920 bits per heavy atom. The first-order valence-corrected chi connectivity index (χ1v) is 16.3. The van der Waals surface area contributed by atoms with Crippen molar-refractivity contribution < 1.29 is 37.7 Å². The highest BCUT2D eigenvalue weighted by Crippen LogP contribution is 2.34. The van der Waals surface area contributed by atoms with Gasteiger partial charge in [0.1, 0.15) is 29.7 Å². The zero-order valence-corrected chi connectivity index (χ0v) is 27.5. The molecule has 0 unspecified atom stereocenters. The molecule has 4 aromatic rings. The number of benzene rings is 3. The molecule has 1 aromatic heterocycles. The molecule has 3 aromatic carbocycles. The number of aromatic nitrogens is 1. The number of aryl methyl sites for hydroxylation is 1. The summed E-state index contributed by atoms with van der Waals surface area (Å²) in [5, 5.41) is 5.71. The van der Waals surface area contributed by atoms with Crippen molar-refractivity contribution in [2.75, 3.05) is 33.4 Å². The Bertz CT molecular complexity index is 1920. The zero-order chi connectivity index (χ0) is 35.1. The van der Waals surface area contributed by atoms with Crippen LogP contribution in [0.3, 0.4) is 0 Å². The number of methoxy groups -OCH3 is 1. The normalized spacial score (nSPS) is 16.2. The maximum Gasteiger partial charge on any atom is 0.264 e. The molecule has 3 amide bonds. The lowest BCUT2D eigenvalue weighted by Gasteiger charge is -2.40. The quantitative estimate of drug-likeness (QED) is 0.329. The monoisotopic (exact) mass is 684 g/mol. The Morgan fingerprint density at radius 2 is 1.70 bits per heavy atom. The predicted molar refractivity (Wildman–Crippen MR) is 180 cm³/mol. The predicted octanol–water partition coefficient (Wildman–Crippen LogP) is 4.06. The number of rotatable bonds is 4. The maximum atomic E-state index is 14.8. The summed E-state index contributed by atoms with van der Waals surface area (Å²) in [6, 6.07) is 20.4. The molecule has 1 fully saturated rings. The fourth-order valence-corrected chi connectivity index (χ4v) is 5.93. The molecular formula is C37H37FN4O8. The Hall–Kier alpha value is -5.85. The Kier molecular flexibility index (Phi) is 10.3. The standard InChI is InChI=1S/C37H37FN4O8/c1-47-31-10-5-26-22-32(31)49-30-21-25(20-27(38)23-30)24-40-36(46)37(50-29-8-6-28(7-9-29)48-19-14-39-35(26)45)12-17-42(18-13-37)34(44)11-16-41-15-3-2-4-33(41)43/h2-10,15,20-23H,11-14,16-19,24H2,1H3,(H,39,45)(H,40,46). The molecule has 7 rings (SSSR count). The first-order chi connectivity index (χ1) is 24.2. The summed E-state index contributed by atoms with van der Waals surface area (Å²) in [6.45, 7) is 1.11. The minimum atomic E-state index is -1.33. The third-order valence-corrected chi connectivity index (χ3v) is 8.63. The number of carbonyl (C=O) groups excluding carboxylic acids is 3. The van der Waals surface area contributed by atoms with Gasteiger partial charge in [0.15, 0.2) is 17.1 Å². The number of piperidine rings is 1. The van der Waals surface area contributed by atoms with Crippen LogP contribution in [0.4, 0.5) is 4.39 Å². The maximum absolute atomic E-state index is 14.8. The van der Waals surface area contributed by atoms with E-state index in [9.17, 15) is 23.6 Å². The molecule has 0 saturated carbocycles. The molecule has 4 heterocycles. The van der Waals surface area contributed by atoms with E-state index in [2.05, 4.69) is 10.6 Å². The highest BCUT2D eigenvalue weighted by atomic mass is 19.1. The number of fused-ring (bicyclic) bond motifs is 8. The minimum Gasteiger partial charge on any atom is -0.493 e. The van der Waals surface area contributed by atoms with Gasteiger partial charge in [0.2, 0.25) is 5.91 Å². The number of pyridine rings is 1. The smallest absolute Gasteiger partial charge is 0.264 e. The van der Waals surface area contributed by atoms with Crippen LogP contribution in [0.25, 0.3) is 0 Å². The van der Waals surface area contributed by atoms with Crippen molar-refractivity contribution >= 4 is 17.7 Å². The number of nitrogens with zero attached hydrogens (tertiary/aromatic N) is 2. The van der Waals surface area contributed by atoms with E-state index in [-0.39, 0.29) is 87.5 Å². The fourth-order valence-electron chi connectivity index (χ4n) is 5.93. The van der Waals surface area contributed by atoms with E-state index in [1.54, 1.807) is 65.7 Å². The van der Waals surface area contributed by atoms with Crippen LogP contribution in [0, 0.1) is 5.82 Å². The van der Waals surface area contributed by atoms with Gasteiger partial charge in [0, 0.05) is 69.3 Å². The van der Waals surface area contributed by atoms with Gasteiger partial charge < -0.3 is 39.0 Å². The van der Waals surface area contributed by atoms with Crippen molar-refractivity contribution in [2.24, 2.45) is 0 Å². The number of ether oxygens (including phenoxy) is 4. The number of hydrogen-bond acceptors (Lipinski definition) is 8. The SMILES string of the molecule is COc1ccc2cc1Oc1cc(F)cc(c1)CNC(=O)C1(CCN(C(=O)CCn3ccccc3=O)CC1)Oc1ccc(cc1)OCCNC2=O. The van der Waals surface area contributed by atoms with Crippen LogP contribution in [-0.4, -0.2) is 66.1 Å². The van der Waals surface area contributed by atoms with Gasteiger partial charge in [0.05, 0.1) is 13.7 Å². The van der Waals surface area contributed by atoms with Crippen molar-refractivity contribution in [1.82, 2.24) is 20.1 Å². The van der Waals surface area contributed by atoms with Gasteiger partial charge in [-0.15, -0.1) is 0 Å².